The van der Waals surface area contributed by atoms with Gasteiger partial charge in [-0.3, -0.25) is 0 Å². The highest BCUT2D eigenvalue weighted by Gasteiger charge is 2.33. The van der Waals surface area contributed by atoms with Crippen LogP contribution < -0.4 is 0 Å². The van der Waals surface area contributed by atoms with Crippen LogP contribution >= 0.6 is 11.8 Å². The van der Waals surface area contributed by atoms with E-state index in [1.165, 1.54) is 0 Å². The molecule has 0 atom stereocenters. The molecule has 0 aromatic rings. The van der Waals surface area contributed by atoms with Gasteiger partial charge in [-0.2, -0.15) is 5.26 Å². The Morgan fingerprint density at radius 3 is 2.29 bits per heavy atom. The van der Waals surface area contributed by atoms with E-state index in [-0.39, 0.29) is 4.75 Å². The van der Waals surface area contributed by atoms with E-state index in [1.807, 2.05) is 0 Å². The molecule has 0 aromatic heterocycles. The number of hydrogen-bond donors (Lipinski definition) is 0. The number of nitrogens with zero attached hydrogens (tertiary/aromatic N) is 3. The van der Waals surface area contributed by atoms with Gasteiger partial charge in [-0.15, -0.1) is 11.8 Å². The summed E-state index contributed by atoms with van der Waals surface area (Å²) in [6, 6.07) is 2.50. The van der Waals surface area contributed by atoms with Gasteiger partial charge in [0.25, 0.3) is 0 Å². The molecule has 1 fully saturated rings. The molecule has 1 rings (SSSR count). The molecule has 0 aliphatic carbocycles. The summed E-state index contributed by atoms with van der Waals surface area (Å²) in [7, 11) is 0. The number of likely N-dealkylation sites (tertiary alicyclic amines) is 1. The van der Waals surface area contributed by atoms with Crippen molar-refractivity contribution >= 4 is 11.8 Å². The number of thioether (sulfide) groups is 1. The molecule has 0 N–H and O–H groups in total. The van der Waals surface area contributed by atoms with E-state index >= 15 is 0 Å². The Labute approximate surface area is 110 Å². The maximum Gasteiger partial charge on any atom is 0.104 e. The van der Waals surface area contributed by atoms with Crippen LogP contribution in [0.25, 0.3) is 0 Å². The van der Waals surface area contributed by atoms with Crippen molar-refractivity contribution in [2.24, 2.45) is 0 Å². The SMILES string of the molecule is CCN(CC)CCN1CCC(C#N)(SC)CC1. The largest absolute Gasteiger partial charge is 0.303 e. The number of likely N-dealkylation sites (N-methyl/N-ethyl adjacent to an activating group) is 1. The highest BCUT2D eigenvalue weighted by atomic mass is 32.2. The first kappa shape index (κ1) is 14.8. The smallest absolute Gasteiger partial charge is 0.104 e. The van der Waals surface area contributed by atoms with Crippen LogP contribution in [0.3, 0.4) is 0 Å². The molecule has 0 bridgehead atoms. The van der Waals surface area contributed by atoms with Gasteiger partial charge in [0.05, 0.1) is 6.07 Å². The average molecular weight is 255 g/mol. The predicted octanol–water partition coefficient (Wildman–Crippen LogP) is 2.05. The first-order valence-corrected chi connectivity index (χ1v) is 7.83. The van der Waals surface area contributed by atoms with E-state index in [1.54, 1.807) is 11.8 Å². The molecule has 3 nitrogen and oxygen atoms in total. The second-order valence-electron chi connectivity index (χ2n) is 4.68. The summed E-state index contributed by atoms with van der Waals surface area (Å²) in [5.41, 5.74) is 0. The summed E-state index contributed by atoms with van der Waals surface area (Å²) in [5.74, 6) is 0. The Kier molecular flexibility index (Phi) is 6.32. The Balaban J connectivity index is 2.30. The molecule has 0 spiro atoms. The molecule has 1 heterocycles. The zero-order valence-electron chi connectivity index (χ0n) is 11.4. The number of rotatable bonds is 6. The van der Waals surface area contributed by atoms with Crippen LogP contribution in [0.1, 0.15) is 26.7 Å². The van der Waals surface area contributed by atoms with E-state index in [0.29, 0.717) is 0 Å². The van der Waals surface area contributed by atoms with Gasteiger partial charge in [-0.25, -0.2) is 0 Å². The maximum absolute atomic E-state index is 9.22. The van der Waals surface area contributed by atoms with Crippen molar-refractivity contribution in [3.63, 3.8) is 0 Å². The quantitative estimate of drug-likeness (QED) is 0.727. The second kappa shape index (κ2) is 7.25. The molecule has 0 radical (unpaired) electrons. The van der Waals surface area contributed by atoms with Crippen LogP contribution in [0.2, 0.25) is 0 Å². The van der Waals surface area contributed by atoms with Gasteiger partial charge in [0.15, 0.2) is 0 Å². The van der Waals surface area contributed by atoms with E-state index in [0.717, 1.165) is 52.1 Å². The minimum Gasteiger partial charge on any atom is -0.303 e. The molecule has 4 heteroatoms. The van der Waals surface area contributed by atoms with Gasteiger partial charge in [0, 0.05) is 26.2 Å². The predicted molar refractivity (Wildman–Crippen MR) is 75.3 cm³/mol. The number of piperidine rings is 1. The van der Waals surface area contributed by atoms with Crippen molar-refractivity contribution in [3.05, 3.63) is 0 Å². The van der Waals surface area contributed by atoms with Crippen LogP contribution in [0.15, 0.2) is 0 Å². The highest BCUT2D eigenvalue weighted by Crippen LogP contribution is 2.33. The van der Waals surface area contributed by atoms with E-state index in [2.05, 4.69) is 36.0 Å². The minimum atomic E-state index is -0.105. The normalized spacial score (nSPS) is 20.4. The third-order valence-electron chi connectivity index (χ3n) is 3.89. The molecule has 0 unspecified atom stereocenters. The summed E-state index contributed by atoms with van der Waals surface area (Å²) in [4.78, 5) is 4.96. The van der Waals surface area contributed by atoms with Crippen molar-refractivity contribution < 1.29 is 0 Å². The Bertz CT molecular complexity index is 250. The zero-order chi connectivity index (χ0) is 12.7. The number of nitriles is 1. The summed E-state index contributed by atoms with van der Waals surface area (Å²) in [6.45, 7) is 11.2. The number of hydrogen-bond acceptors (Lipinski definition) is 4. The monoisotopic (exact) mass is 255 g/mol. The molecular formula is C13H25N3S. The molecule has 0 amide bonds. The van der Waals surface area contributed by atoms with Crippen molar-refractivity contribution in [2.45, 2.75) is 31.4 Å². The first-order valence-electron chi connectivity index (χ1n) is 6.60. The molecule has 0 saturated carbocycles. The van der Waals surface area contributed by atoms with Gasteiger partial charge in [-0.1, -0.05) is 13.8 Å². The van der Waals surface area contributed by atoms with Crippen LogP contribution in [-0.2, 0) is 0 Å². The standard InChI is InChI=1S/C13H25N3S/c1-4-15(5-2)10-11-16-8-6-13(12-14,17-3)7-9-16/h4-11H2,1-3H3. The highest BCUT2D eigenvalue weighted by molar-refractivity contribution is 8.00. The Hall–Kier alpha value is -0.240. The van der Waals surface area contributed by atoms with Gasteiger partial charge in [-0.05, 0) is 32.2 Å². The van der Waals surface area contributed by atoms with Crippen molar-refractivity contribution in [3.8, 4) is 6.07 Å². The van der Waals surface area contributed by atoms with Gasteiger partial charge >= 0.3 is 0 Å². The first-order chi connectivity index (χ1) is 8.19. The fourth-order valence-corrected chi connectivity index (χ4v) is 3.00. The molecule has 1 aliphatic rings. The molecular weight excluding hydrogens is 230 g/mol. The fourth-order valence-electron chi connectivity index (χ4n) is 2.32. The Morgan fingerprint density at radius 2 is 1.88 bits per heavy atom. The molecule has 1 aliphatic heterocycles. The fraction of sp³-hybridized carbons (Fsp3) is 0.923. The third-order valence-corrected chi connectivity index (χ3v) is 5.17. The molecule has 98 valence electrons. The minimum absolute atomic E-state index is 0.105. The summed E-state index contributed by atoms with van der Waals surface area (Å²) in [5, 5.41) is 9.22. The second-order valence-corrected chi connectivity index (χ2v) is 5.87. The van der Waals surface area contributed by atoms with Crippen LogP contribution in [0.4, 0.5) is 0 Å². The lowest BCUT2D eigenvalue weighted by atomic mass is 9.97. The molecule has 1 saturated heterocycles. The topological polar surface area (TPSA) is 30.3 Å². The van der Waals surface area contributed by atoms with Crippen molar-refractivity contribution in [1.82, 2.24) is 9.80 Å². The maximum atomic E-state index is 9.22. The van der Waals surface area contributed by atoms with Crippen LogP contribution in [0, 0.1) is 11.3 Å². The van der Waals surface area contributed by atoms with E-state index in [9.17, 15) is 5.26 Å². The lowest BCUT2D eigenvalue weighted by molar-refractivity contribution is 0.181. The average Bonchev–Trinajstić information content (AvgIpc) is 2.41. The van der Waals surface area contributed by atoms with Crippen molar-refractivity contribution in [2.75, 3.05) is 45.5 Å². The van der Waals surface area contributed by atoms with Gasteiger partial charge in [0.1, 0.15) is 4.75 Å². The van der Waals surface area contributed by atoms with E-state index < -0.39 is 0 Å². The third kappa shape index (κ3) is 4.17. The van der Waals surface area contributed by atoms with E-state index in [4.69, 9.17) is 0 Å². The lowest BCUT2D eigenvalue weighted by Gasteiger charge is -2.36. The summed E-state index contributed by atoms with van der Waals surface area (Å²) < 4.78 is -0.105. The summed E-state index contributed by atoms with van der Waals surface area (Å²) in [6.07, 6.45) is 4.10. The zero-order valence-corrected chi connectivity index (χ0v) is 12.2. The van der Waals surface area contributed by atoms with Crippen LogP contribution in [-0.4, -0.2) is 60.1 Å². The molecule has 0 aromatic carbocycles. The van der Waals surface area contributed by atoms with Crippen molar-refractivity contribution in [1.29, 1.82) is 5.26 Å². The van der Waals surface area contributed by atoms with Gasteiger partial charge in [0.2, 0.25) is 0 Å². The van der Waals surface area contributed by atoms with Gasteiger partial charge < -0.3 is 9.80 Å². The molecule has 17 heavy (non-hydrogen) atoms. The van der Waals surface area contributed by atoms with Crippen LogP contribution in [0.5, 0.6) is 0 Å². The summed E-state index contributed by atoms with van der Waals surface area (Å²) >= 11 is 1.73. The Morgan fingerprint density at radius 1 is 1.29 bits per heavy atom. The lowest BCUT2D eigenvalue weighted by Crippen LogP contribution is -2.44.